The van der Waals surface area contributed by atoms with Crippen LogP contribution in [-0.2, 0) is 27.1 Å². The maximum Gasteiger partial charge on any atom is 0.273 e. The highest BCUT2D eigenvalue weighted by Gasteiger charge is 2.41. The number of carbonyl (C=O) groups is 2. The molecule has 0 aliphatic carbocycles. The number of likely N-dealkylation sites (tertiary alicyclic amines) is 1. The standard InChI is InChI=1S/C28H40N4O4S/c1-20(2)26-30-24(18-37-26)27(34)32-14-16-36-28(19-32)9-12-31(13-10-28)11-7-22-5-4-6-23(17-22)8-15-35-21(3)25(29)33/h4-6,17-18,20-21H,7-16,19H2,1-3H3,(H2,29,33). The van der Waals surface area contributed by atoms with E-state index in [1.54, 1.807) is 18.3 Å². The number of primary amides is 1. The van der Waals surface area contributed by atoms with Gasteiger partial charge in [-0.05, 0) is 43.7 Å². The van der Waals surface area contributed by atoms with Gasteiger partial charge in [-0.1, -0.05) is 38.1 Å². The van der Waals surface area contributed by atoms with Crippen molar-refractivity contribution >= 4 is 23.2 Å². The lowest BCUT2D eigenvalue weighted by Crippen LogP contribution is -2.58. The number of carbonyl (C=O) groups excluding carboxylic acids is 2. The Balaban J connectivity index is 1.23. The van der Waals surface area contributed by atoms with Crippen molar-refractivity contribution in [3.63, 3.8) is 0 Å². The summed E-state index contributed by atoms with van der Waals surface area (Å²) in [5.41, 5.74) is 8.08. The molecule has 2 N–H and O–H groups in total. The van der Waals surface area contributed by atoms with E-state index in [0.29, 0.717) is 37.9 Å². The zero-order valence-corrected chi connectivity index (χ0v) is 23.1. The molecule has 2 saturated heterocycles. The van der Waals surface area contributed by atoms with E-state index >= 15 is 0 Å². The maximum absolute atomic E-state index is 13.1. The normalized spacial score (nSPS) is 18.9. The minimum absolute atomic E-state index is 0.0302. The first-order valence-electron chi connectivity index (χ1n) is 13.3. The number of thiazole rings is 1. The number of ether oxygens (including phenoxy) is 2. The summed E-state index contributed by atoms with van der Waals surface area (Å²) in [5.74, 6) is -0.0715. The van der Waals surface area contributed by atoms with E-state index in [-0.39, 0.29) is 11.5 Å². The predicted molar refractivity (Wildman–Crippen MR) is 145 cm³/mol. The number of nitrogens with two attached hydrogens (primary N) is 1. The number of morpholine rings is 1. The molecule has 1 aromatic heterocycles. The van der Waals surface area contributed by atoms with Crippen molar-refractivity contribution in [3.8, 4) is 0 Å². The molecule has 0 radical (unpaired) electrons. The average Bonchev–Trinajstić information content (AvgIpc) is 3.39. The molecule has 8 nitrogen and oxygen atoms in total. The van der Waals surface area contributed by atoms with Gasteiger partial charge >= 0.3 is 0 Å². The Morgan fingerprint density at radius 2 is 1.89 bits per heavy atom. The van der Waals surface area contributed by atoms with Gasteiger partial charge in [0, 0.05) is 37.5 Å². The Kier molecular flexibility index (Phi) is 9.34. The highest BCUT2D eigenvalue weighted by Crippen LogP contribution is 2.31. The molecule has 202 valence electrons. The molecule has 2 fully saturated rings. The minimum atomic E-state index is -0.561. The molecule has 2 amide bonds. The summed E-state index contributed by atoms with van der Waals surface area (Å²) in [5, 5.41) is 2.91. The molecule has 1 spiro atoms. The quantitative estimate of drug-likeness (QED) is 0.508. The van der Waals surface area contributed by atoms with Gasteiger partial charge in [0.15, 0.2) is 0 Å². The second-order valence-electron chi connectivity index (χ2n) is 10.6. The van der Waals surface area contributed by atoms with Crippen molar-refractivity contribution in [2.75, 3.05) is 45.9 Å². The monoisotopic (exact) mass is 528 g/mol. The number of amides is 2. The number of hydrogen-bond donors (Lipinski definition) is 1. The molecule has 0 saturated carbocycles. The van der Waals surface area contributed by atoms with Crippen LogP contribution in [0.15, 0.2) is 29.6 Å². The Morgan fingerprint density at radius 3 is 2.57 bits per heavy atom. The fraction of sp³-hybridized carbons (Fsp3) is 0.607. The zero-order valence-electron chi connectivity index (χ0n) is 22.3. The highest BCUT2D eigenvalue weighted by molar-refractivity contribution is 7.09. The second kappa shape index (κ2) is 12.5. The molecule has 1 unspecified atom stereocenters. The van der Waals surface area contributed by atoms with Gasteiger partial charge in [0.1, 0.15) is 11.8 Å². The summed E-state index contributed by atoms with van der Waals surface area (Å²) in [6.45, 7) is 11.1. The number of rotatable bonds is 10. The molecule has 9 heteroatoms. The van der Waals surface area contributed by atoms with Crippen LogP contribution in [0.25, 0.3) is 0 Å². The predicted octanol–water partition coefficient (Wildman–Crippen LogP) is 3.25. The third kappa shape index (κ3) is 7.37. The number of benzene rings is 1. The summed E-state index contributed by atoms with van der Waals surface area (Å²) >= 11 is 1.57. The van der Waals surface area contributed by atoms with Crippen LogP contribution in [0.5, 0.6) is 0 Å². The van der Waals surface area contributed by atoms with E-state index in [0.717, 1.165) is 50.3 Å². The van der Waals surface area contributed by atoms with Crippen LogP contribution in [0.4, 0.5) is 0 Å². The topological polar surface area (TPSA) is 98.0 Å². The van der Waals surface area contributed by atoms with Crippen molar-refractivity contribution in [2.45, 2.75) is 64.1 Å². The van der Waals surface area contributed by atoms with Crippen LogP contribution in [0.2, 0.25) is 0 Å². The van der Waals surface area contributed by atoms with E-state index in [1.165, 1.54) is 11.1 Å². The van der Waals surface area contributed by atoms with Crippen molar-refractivity contribution in [1.29, 1.82) is 0 Å². The molecule has 37 heavy (non-hydrogen) atoms. The highest BCUT2D eigenvalue weighted by atomic mass is 32.1. The molecule has 2 aliphatic heterocycles. The fourth-order valence-electron chi connectivity index (χ4n) is 4.98. The lowest BCUT2D eigenvalue weighted by atomic mass is 9.89. The Bertz CT molecular complexity index is 1060. The summed E-state index contributed by atoms with van der Waals surface area (Å²) in [6, 6.07) is 8.57. The number of nitrogens with zero attached hydrogens (tertiary/aromatic N) is 3. The molecule has 2 aromatic rings. The number of piperidine rings is 1. The SMILES string of the molecule is CC(OCCc1cccc(CCN2CCC3(CC2)CN(C(=O)c2csc(C(C)C)n2)CCO3)c1)C(N)=O. The van der Waals surface area contributed by atoms with Gasteiger partial charge in [-0.2, -0.15) is 0 Å². The largest absolute Gasteiger partial charge is 0.371 e. The molecular formula is C28H40N4O4S. The Labute approximate surface area is 224 Å². The van der Waals surface area contributed by atoms with Crippen LogP contribution < -0.4 is 5.73 Å². The van der Waals surface area contributed by atoms with E-state index in [2.05, 4.69) is 48.0 Å². The van der Waals surface area contributed by atoms with Gasteiger partial charge in [-0.25, -0.2) is 4.98 Å². The maximum atomic E-state index is 13.1. The summed E-state index contributed by atoms with van der Waals surface area (Å²) in [4.78, 5) is 33.2. The molecular weight excluding hydrogens is 488 g/mol. The van der Waals surface area contributed by atoms with E-state index < -0.39 is 12.0 Å². The van der Waals surface area contributed by atoms with Gasteiger partial charge in [-0.15, -0.1) is 11.3 Å². The van der Waals surface area contributed by atoms with Gasteiger partial charge in [-0.3, -0.25) is 9.59 Å². The van der Waals surface area contributed by atoms with Gasteiger partial charge in [0.2, 0.25) is 5.91 Å². The number of aromatic nitrogens is 1. The van der Waals surface area contributed by atoms with Crippen LogP contribution in [0.1, 0.15) is 66.2 Å². The van der Waals surface area contributed by atoms with Crippen LogP contribution in [0, 0.1) is 0 Å². The average molecular weight is 529 g/mol. The van der Waals surface area contributed by atoms with Crippen LogP contribution in [0.3, 0.4) is 0 Å². The molecule has 1 aromatic carbocycles. The Morgan fingerprint density at radius 1 is 1.16 bits per heavy atom. The summed E-state index contributed by atoms with van der Waals surface area (Å²) < 4.78 is 11.8. The van der Waals surface area contributed by atoms with Crippen LogP contribution >= 0.6 is 11.3 Å². The van der Waals surface area contributed by atoms with Crippen molar-refractivity contribution in [3.05, 3.63) is 51.5 Å². The number of hydrogen-bond acceptors (Lipinski definition) is 7. The first kappa shape index (κ1) is 27.7. The van der Waals surface area contributed by atoms with E-state index in [4.69, 9.17) is 15.2 Å². The summed E-state index contributed by atoms with van der Waals surface area (Å²) in [7, 11) is 0. The van der Waals surface area contributed by atoms with E-state index in [9.17, 15) is 9.59 Å². The third-order valence-electron chi connectivity index (χ3n) is 7.41. The lowest BCUT2D eigenvalue weighted by Gasteiger charge is -2.47. The first-order chi connectivity index (χ1) is 17.7. The fourth-order valence-corrected chi connectivity index (χ4v) is 5.79. The van der Waals surface area contributed by atoms with E-state index in [1.807, 2.05) is 10.3 Å². The molecule has 4 rings (SSSR count). The van der Waals surface area contributed by atoms with Crippen molar-refractivity contribution < 1.29 is 19.1 Å². The Hall–Kier alpha value is -2.33. The molecule has 1 atom stereocenters. The smallest absolute Gasteiger partial charge is 0.273 e. The molecule has 3 heterocycles. The summed E-state index contributed by atoms with van der Waals surface area (Å²) in [6.07, 6.45) is 3.03. The zero-order chi connectivity index (χ0) is 26.4. The first-order valence-corrected chi connectivity index (χ1v) is 14.2. The minimum Gasteiger partial charge on any atom is -0.371 e. The van der Waals surface area contributed by atoms with Crippen molar-refractivity contribution in [2.24, 2.45) is 5.73 Å². The van der Waals surface area contributed by atoms with Crippen LogP contribution in [-0.4, -0.2) is 84.2 Å². The second-order valence-corrected chi connectivity index (χ2v) is 11.5. The molecule has 2 aliphatic rings. The lowest BCUT2D eigenvalue weighted by molar-refractivity contribution is -0.128. The molecule has 0 bridgehead atoms. The van der Waals surface area contributed by atoms with Gasteiger partial charge in [0.25, 0.3) is 5.91 Å². The van der Waals surface area contributed by atoms with Gasteiger partial charge in [0.05, 0.1) is 30.4 Å². The van der Waals surface area contributed by atoms with Crippen molar-refractivity contribution in [1.82, 2.24) is 14.8 Å². The third-order valence-corrected chi connectivity index (χ3v) is 8.55. The van der Waals surface area contributed by atoms with Gasteiger partial charge < -0.3 is 25.0 Å².